The highest BCUT2D eigenvalue weighted by atomic mass is 32.1. The number of nitrogens with two attached hydrogens (primary N) is 1. The molecular weight excluding hydrogens is 216 g/mol. The second-order valence-corrected chi connectivity index (χ2v) is 4.95. The third kappa shape index (κ3) is 2.70. The molecule has 3 heteroatoms. The van der Waals surface area contributed by atoms with Crippen LogP contribution < -0.4 is 11.3 Å². The van der Waals surface area contributed by atoms with E-state index < -0.39 is 0 Å². The van der Waals surface area contributed by atoms with Crippen LogP contribution >= 0.6 is 11.3 Å². The van der Waals surface area contributed by atoms with Crippen molar-refractivity contribution in [3.63, 3.8) is 0 Å². The third-order valence-corrected chi connectivity index (χ3v) is 3.57. The van der Waals surface area contributed by atoms with Crippen LogP contribution in [-0.2, 0) is 6.42 Å². The van der Waals surface area contributed by atoms with Gasteiger partial charge in [-0.15, -0.1) is 11.3 Å². The number of hydrogen-bond donors (Lipinski definition) is 2. The van der Waals surface area contributed by atoms with Gasteiger partial charge in [-0.1, -0.05) is 35.9 Å². The Morgan fingerprint density at radius 3 is 2.56 bits per heavy atom. The fraction of sp³-hybridized carbons (Fsp3) is 0.231. The summed E-state index contributed by atoms with van der Waals surface area (Å²) in [6, 6.07) is 12.9. The molecule has 0 saturated carbocycles. The minimum absolute atomic E-state index is 0.194. The van der Waals surface area contributed by atoms with Gasteiger partial charge < -0.3 is 0 Å². The van der Waals surface area contributed by atoms with Crippen molar-refractivity contribution in [2.24, 2.45) is 5.84 Å². The van der Waals surface area contributed by atoms with Gasteiger partial charge in [0.2, 0.25) is 0 Å². The maximum absolute atomic E-state index is 5.61. The van der Waals surface area contributed by atoms with Crippen molar-refractivity contribution in [2.45, 2.75) is 19.4 Å². The summed E-state index contributed by atoms with van der Waals surface area (Å²) in [5.41, 5.74) is 5.39. The number of thiophene rings is 1. The van der Waals surface area contributed by atoms with Crippen molar-refractivity contribution >= 4 is 11.3 Å². The van der Waals surface area contributed by atoms with Crippen molar-refractivity contribution in [1.29, 1.82) is 0 Å². The molecule has 0 radical (unpaired) electrons. The minimum atomic E-state index is 0.194. The Morgan fingerprint density at radius 2 is 2.00 bits per heavy atom. The fourth-order valence-electron chi connectivity index (χ4n) is 1.70. The zero-order chi connectivity index (χ0) is 11.4. The average molecular weight is 232 g/mol. The lowest BCUT2D eigenvalue weighted by atomic mass is 10.0. The summed E-state index contributed by atoms with van der Waals surface area (Å²) in [5, 5.41) is 2.10. The SMILES string of the molecule is Cc1ccc(C(Cc2cccs2)NN)cc1. The zero-order valence-corrected chi connectivity index (χ0v) is 10.1. The van der Waals surface area contributed by atoms with E-state index in [1.165, 1.54) is 16.0 Å². The van der Waals surface area contributed by atoms with E-state index in [1.54, 1.807) is 11.3 Å². The molecule has 2 nitrogen and oxygen atoms in total. The molecule has 0 aliphatic carbocycles. The molecule has 2 aromatic rings. The van der Waals surface area contributed by atoms with Crippen LogP contribution in [0.25, 0.3) is 0 Å². The Kier molecular flexibility index (Phi) is 3.72. The minimum Gasteiger partial charge on any atom is -0.271 e. The maximum atomic E-state index is 5.61. The van der Waals surface area contributed by atoms with Crippen LogP contribution in [0, 0.1) is 6.92 Å². The molecule has 0 bridgehead atoms. The van der Waals surface area contributed by atoms with E-state index in [9.17, 15) is 0 Å². The van der Waals surface area contributed by atoms with Gasteiger partial charge in [-0.3, -0.25) is 11.3 Å². The Bertz CT molecular complexity index is 420. The summed E-state index contributed by atoms with van der Waals surface area (Å²) in [6.45, 7) is 2.09. The number of hydrazine groups is 1. The van der Waals surface area contributed by atoms with Crippen LogP contribution in [-0.4, -0.2) is 0 Å². The van der Waals surface area contributed by atoms with Crippen molar-refractivity contribution in [3.8, 4) is 0 Å². The van der Waals surface area contributed by atoms with Gasteiger partial charge in [0, 0.05) is 11.3 Å². The summed E-state index contributed by atoms with van der Waals surface area (Å²) in [6.07, 6.45) is 0.942. The first-order chi connectivity index (χ1) is 7.79. The first-order valence-electron chi connectivity index (χ1n) is 5.34. The van der Waals surface area contributed by atoms with E-state index >= 15 is 0 Å². The standard InChI is InChI=1S/C13H16N2S/c1-10-4-6-11(7-5-10)13(15-14)9-12-3-2-8-16-12/h2-8,13,15H,9,14H2,1H3. The van der Waals surface area contributed by atoms with Gasteiger partial charge >= 0.3 is 0 Å². The predicted molar refractivity (Wildman–Crippen MR) is 69.3 cm³/mol. The second-order valence-electron chi connectivity index (χ2n) is 3.91. The first-order valence-corrected chi connectivity index (χ1v) is 6.22. The van der Waals surface area contributed by atoms with E-state index in [0.717, 1.165) is 6.42 Å². The highest BCUT2D eigenvalue weighted by Crippen LogP contribution is 2.20. The van der Waals surface area contributed by atoms with Crippen LogP contribution in [0.15, 0.2) is 41.8 Å². The number of benzene rings is 1. The van der Waals surface area contributed by atoms with Crippen LogP contribution in [0.2, 0.25) is 0 Å². The molecule has 0 aliphatic rings. The fourth-order valence-corrected chi connectivity index (χ4v) is 2.45. The largest absolute Gasteiger partial charge is 0.271 e. The Hall–Kier alpha value is -1.16. The molecule has 0 spiro atoms. The number of nitrogens with one attached hydrogen (secondary N) is 1. The van der Waals surface area contributed by atoms with Gasteiger partial charge in [-0.2, -0.15) is 0 Å². The Labute approximate surface area is 100 Å². The molecule has 0 fully saturated rings. The first kappa shape index (κ1) is 11.3. The highest BCUT2D eigenvalue weighted by Gasteiger charge is 2.10. The molecule has 3 N–H and O–H groups in total. The molecular formula is C13H16N2S. The molecule has 1 unspecified atom stereocenters. The van der Waals surface area contributed by atoms with Crippen LogP contribution in [0.1, 0.15) is 22.0 Å². The van der Waals surface area contributed by atoms with Gasteiger partial charge in [0.15, 0.2) is 0 Å². The molecule has 84 valence electrons. The molecule has 0 saturated heterocycles. The van der Waals surface area contributed by atoms with Crippen molar-refractivity contribution < 1.29 is 0 Å². The molecule has 0 amide bonds. The summed E-state index contributed by atoms with van der Waals surface area (Å²) < 4.78 is 0. The van der Waals surface area contributed by atoms with Crippen molar-refractivity contribution in [2.75, 3.05) is 0 Å². The molecule has 16 heavy (non-hydrogen) atoms. The van der Waals surface area contributed by atoms with Gasteiger partial charge in [0.1, 0.15) is 0 Å². The lowest BCUT2D eigenvalue weighted by Crippen LogP contribution is -2.29. The predicted octanol–water partition coefficient (Wildman–Crippen LogP) is 2.80. The summed E-state index contributed by atoms with van der Waals surface area (Å²) in [7, 11) is 0. The quantitative estimate of drug-likeness (QED) is 0.628. The van der Waals surface area contributed by atoms with Crippen LogP contribution in [0.5, 0.6) is 0 Å². The van der Waals surface area contributed by atoms with Crippen molar-refractivity contribution in [1.82, 2.24) is 5.43 Å². The summed E-state index contributed by atoms with van der Waals surface area (Å²) in [4.78, 5) is 1.35. The topological polar surface area (TPSA) is 38.0 Å². The normalized spacial score (nSPS) is 12.6. The van der Waals surface area contributed by atoms with Gasteiger partial charge in [0.25, 0.3) is 0 Å². The third-order valence-electron chi connectivity index (χ3n) is 2.67. The van der Waals surface area contributed by atoms with Crippen LogP contribution in [0.3, 0.4) is 0 Å². The Morgan fingerprint density at radius 1 is 1.25 bits per heavy atom. The lowest BCUT2D eigenvalue weighted by molar-refractivity contribution is 0.555. The van der Waals surface area contributed by atoms with Gasteiger partial charge in [-0.25, -0.2) is 0 Å². The van der Waals surface area contributed by atoms with Crippen LogP contribution in [0.4, 0.5) is 0 Å². The number of hydrogen-bond acceptors (Lipinski definition) is 3. The van der Waals surface area contributed by atoms with E-state index in [4.69, 9.17) is 5.84 Å². The average Bonchev–Trinajstić information content (AvgIpc) is 2.80. The summed E-state index contributed by atoms with van der Waals surface area (Å²) in [5.74, 6) is 5.61. The number of rotatable bonds is 4. The second kappa shape index (κ2) is 5.25. The maximum Gasteiger partial charge on any atom is 0.0508 e. The van der Waals surface area contributed by atoms with E-state index in [1.807, 2.05) is 0 Å². The lowest BCUT2D eigenvalue weighted by Gasteiger charge is -2.15. The van der Waals surface area contributed by atoms with Gasteiger partial charge in [0.05, 0.1) is 6.04 Å². The van der Waals surface area contributed by atoms with E-state index in [-0.39, 0.29) is 6.04 Å². The smallest absolute Gasteiger partial charge is 0.0508 e. The van der Waals surface area contributed by atoms with Gasteiger partial charge in [-0.05, 0) is 23.9 Å². The molecule has 1 aromatic heterocycles. The molecule has 1 atom stereocenters. The monoisotopic (exact) mass is 232 g/mol. The number of aryl methyl sites for hydroxylation is 1. The highest BCUT2D eigenvalue weighted by molar-refractivity contribution is 7.09. The zero-order valence-electron chi connectivity index (χ0n) is 9.31. The van der Waals surface area contributed by atoms with E-state index in [0.29, 0.717) is 0 Å². The van der Waals surface area contributed by atoms with E-state index in [2.05, 4.69) is 54.1 Å². The molecule has 2 rings (SSSR count). The summed E-state index contributed by atoms with van der Waals surface area (Å²) >= 11 is 1.77. The van der Waals surface area contributed by atoms with Crippen molar-refractivity contribution in [3.05, 3.63) is 57.8 Å². The molecule has 1 aromatic carbocycles. The Balaban J connectivity index is 2.13. The molecule has 1 heterocycles. The molecule has 0 aliphatic heterocycles.